The summed E-state index contributed by atoms with van der Waals surface area (Å²) in [4.78, 5) is 2.34. The summed E-state index contributed by atoms with van der Waals surface area (Å²) < 4.78 is 5.78. The average Bonchev–Trinajstić information content (AvgIpc) is 2.93. The third kappa shape index (κ3) is 4.31. The molecular formula is C16H16O2S2. The molecule has 0 aliphatic heterocycles. The summed E-state index contributed by atoms with van der Waals surface area (Å²) >= 11 is 3.36. The van der Waals surface area contributed by atoms with E-state index in [1.807, 2.05) is 23.6 Å². The molecular weight excluding hydrogens is 288 g/mol. The zero-order chi connectivity index (χ0) is 14.2. The number of hydrogen-bond donors (Lipinski definition) is 1. The van der Waals surface area contributed by atoms with Crippen LogP contribution in [0.15, 0.2) is 40.6 Å². The lowest BCUT2D eigenvalue weighted by atomic mass is 10.2. The Kier molecular flexibility index (Phi) is 6.00. The molecule has 0 unspecified atom stereocenters. The molecule has 0 atom stereocenters. The predicted molar refractivity (Wildman–Crippen MR) is 85.5 cm³/mol. The quantitative estimate of drug-likeness (QED) is 0.673. The van der Waals surface area contributed by atoms with E-state index in [0.29, 0.717) is 13.0 Å². The number of rotatable bonds is 5. The molecule has 0 aliphatic rings. The number of aliphatic hydroxyl groups is 1. The summed E-state index contributed by atoms with van der Waals surface area (Å²) in [5.41, 5.74) is 0.990. The SMILES string of the molecule is CSc1ccc(OCc2sccc2C#CCCO)cc1. The normalized spacial score (nSPS) is 9.90. The first kappa shape index (κ1) is 15.0. The summed E-state index contributed by atoms with van der Waals surface area (Å²) in [5, 5.41) is 10.7. The van der Waals surface area contributed by atoms with Crippen LogP contribution >= 0.6 is 23.1 Å². The van der Waals surface area contributed by atoms with Gasteiger partial charge in [0, 0.05) is 16.9 Å². The number of benzene rings is 1. The summed E-state index contributed by atoms with van der Waals surface area (Å²) in [6.45, 7) is 0.629. The number of thioether (sulfide) groups is 1. The van der Waals surface area contributed by atoms with Crippen molar-refractivity contribution in [2.45, 2.75) is 17.9 Å². The van der Waals surface area contributed by atoms with Gasteiger partial charge in [-0.3, -0.25) is 0 Å². The van der Waals surface area contributed by atoms with Crippen LogP contribution in [0.25, 0.3) is 0 Å². The Labute approximate surface area is 127 Å². The Bertz CT molecular complexity index is 591. The van der Waals surface area contributed by atoms with Gasteiger partial charge in [0.05, 0.1) is 11.5 Å². The number of hydrogen-bond acceptors (Lipinski definition) is 4. The van der Waals surface area contributed by atoms with Gasteiger partial charge in [-0.05, 0) is 42.0 Å². The molecule has 104 valence electrons. The summed E-state index contributed by atoms with van der Waals surface area (Å²) in [7, 11) is 0. The molecule has 1 aromatic carbocycles. The molecule has 0 spiro atoms. The molecule has 1 heterocycles. The van der Waals surface area contributed by atoms with Crippen molar-refractivity contribution in [3.63, 3.8) is 0 Å². The van der Waals surface area contributed by atoms with E-state index in [9.17, 15) is 0 Å². The number of thiophene rings is 1. The van der Waals surface area contributed by atoms with Gasteiger partial charge in [-0.1, -0.05) is 11.8 Å². The maximum atomic E-state index is 8.73. The fourth-order valence-corrected chi connectivity index (χ4v) is 2.75. The van der Waals surface area contributed by atoms with Crippen molar-refractivity contribution in [1.29, 1.82) is 0 Å². The van der Waals surface area contributed by atoms with Gasteiger partial charge in [-0.15, -0.1) is 23.1 Å². The molecule has 0 bridgehead atoms. The van der Waals surface area contributed by atoms with Crippen LogP contribution in [-0.4, -0.2) is 18.0 Å². The van der Waals surface area contributed by atoms with E-state index in [1.54, 1.807) is 23.1 Å². The van der Waals surface area contributed by atoms with E-state index in [1.165, 1.54) is 4.90 Å². The van der Waals surface area contributed by atoms with Crippen LogP contribution in [0.3, 0.4) is 0 Å². The lowest BCUT2D eigenvalue weighted by Crippen LogP contribution is -1.94. The van der Waals surface area contributed by atoms with Crippen LogP contribution in [-0.2, 0) is 6.61 Å². The first-order chi connectivity index (χ1) is 9.83. The maximum absolute atomic E-state index is 8.73. The molecule has 0 amide bonds. The van der Waals surface area contributed by atoms with E-state index in [0.717, 1.165) is 16.2 Å². The third-order valence-electron chi connectivity index (χ3n) is 2.63. The molecule has 2 nitrogen and oxygen atoms in total. The first-order valence-corrected chi connectivity index (χ1v) is 8.37. The van der Waals surface area contributed by atoms with Gasteiger partial charge in [-0.25, -0.2) is 0 Å². The van der Waals surface area contributed by atoms with Crippen LogP contribution in [0.2, 0.25) is 0 Å². The van der Waals surface area contributed by atoms with Gasteiger partial charge >= 0.3 is 0 Å². The second kappa shape index (κ2) is 8.01. The van der Waals surface area contributed by atoms with E-state index in [2.05, 4.69) is 30.2 Å². The minimum atomic E-state index is 0.102. The smallest absolute Gasteiger partial charge is 0.124 e. The molecule has 0 radical (unpaired) electrons. The van der Waals surface area contributed by atoms with E-state index >= 15 is 0 Å². The number of ether oxygens (including phenoxy) is 1. The average molecular weight is 304 g/mol. The van der Waals surface area contributed by atoms with Crippen molar-refractivity contribution in [3.8, 4) is 17.6 Å². The highest BCUT2D eigenvalue weighted by molar-refractivity contribution is 7.98. The fraction of sp³-hybridized carbons (Fsp3) is 0.250. The van der Waals surface area contributed by atoms with Gasteiger partial charge in [0.1, 0.15) is 12.4 Å². The summed E-state index contributed by atoms with van der Waals surface area (Å²) in [6.07, 6.45) is 2.56. The Balaban J connectivity index is 1.97. The van der Waals surface area contributed by atoms with Crippen LogP contribution < -0.4 is 4.74 Å². The van der Waals surface area contributed by atoms with Gasteiger partial charge in [0.15, 0.2) is 0 Å². The molecule has 1 aromatic heterocycles. The van der Waals surface area contributed by atoms with Crippen LogP contribution in [0, 0.1) is 11.8 Å². The molecule has 0 saturated carbocycles. The Hall–Kier alpha value is -1.41. The van der Waals surface area contributed by atoms with Crippen LogP contribution in [0.4, 0.5) is 0 Å². The van der Waals surface area contributed by atoms with Crippen molar-refractivity contribution in [1.82, 2.24) is 0 Å². The van der Waals surface area contributed by atoms with Crippen LogP contribution in [0.5, 0.6) is 5.75 Å². The van der Waals surface area contributed by atoms with Crippen LogP contribution in [0.1, 0.15) is 16.9 Å². The molecule has 0 aliphatic carbocycles. The molecule has 20 heavy (non-hydrogen) atoms. The molecule has 1 N–H and O–H groups in total. The Morgan fingerprint density at radius 2 is 2.05 bits per heavy atom. The lowest BCUT2D eigenvalue weighted by molar-refractivity contribution is 0.305. The summed E-state index contributed by atoms with van der Waals surface area (Å²) in [5.74, 6) is 6.87. The minimum absolute atomic E-state index is 0.102. The first-order valence-electron chi connectivity index (χ1n) is 6.26. The van der Waals surface area contributed by atoms with E-state index in [-0.39, 0.29) is 6.61 Å². The van der Waals surface area contributed by atoms with Gasteiger partial charge in [0.25, 0.3) is 0 Å². The van der Waals surface area contributed by atoms with Crippen molar-refractivity contribution in [2.24, 2.45) is 0 Å². The van der Waals surface area contributed by atoms with Gasteiger partial charge in [0.2, 0.25) is 0 Å². The topological polar surface area (TPSA) is 29.5 Å². The zero-order valence-electron chi connectivity index (χ0n) is 11.3. The maximum Gasteiger partial charge on any atom is 0.124 e. The van der Waals surface area contributed by atoms with Gasteiger partial charge in [-0.2, -0.15) is 0 Å². The monoisotopic (exact) mass is 304 g/mol. The largest absolute Gasteiger partial charge is 0.488 e. The predicted octanol–water partition coefficient (Wildman–Crippen LogP) is 3.78. The second-order valence-electron chi connectivity index (χ2n) is 4.00. The zero-order valence-corrected chi connectivity index (χ0v) is 12.9. The third-order valence-corrected chi connectivity index (χ3v) is 4.27. The molecule has 0 fully saturated rings. The Morgan fingerprint density at radius 1 is 1.25 bits per heavy atom. The molecule has 0 saturated heterocycles. The fourth-order valence-electron chi connectivity index (χ4n) is 1.60. The highest BCUT2D eigenvalue weighted by Gasteiger charge is 2.03. The second-order valence-corrected chi connectivity index (χ2v) is 5.88. The van der Waals surface area contributed by atoms with Crippen molar-refractivity contribution < 1.29 is 9.84 Å². The molecule has 2 rings (SSSR count). The van der Waals surface area contributed by atoms with Crippen molar-refractivity contribution >= 4 is 23.1 Å². The summed E-state index contributed by atoms with van der Waals surface area (Å²) in [6, 6.07) is 10.1. The van der Waals surface area contributed by atoms with E-state index in [4.69, 9.17) is 9.84 Å². The molecule has 2 aromatic rings. The van der Waals surface area contributed by atoms with Crippen molar-refractivity contribution in [3.05, 3.63) is 46.2 Å². The minimum Gasteiger partial charge on any atom is -0.488 e. The van der Waals surface area contributed by atoms with Gasteiger partial charge < -0.3 is 9.84 Å². The standard InChI is InChI=1S/C16H16O2S2/c1-19-15-7-5-14(6-8-15)18-12-16-13(9-11-20-16)4-2-3-10-17/h5-9,11,17H,3,10,12H2,1H3. The highest BCUT2D eigenvalue weighted by Crippen LogP contribution is 2.22. The highest BCUT2D eigenvalue weighted by atomic mass is 32.2. The van der Waals surface area contributed by atoms with E-state index < -0.39 is 0 Å². The molecule has 4 heteroatoms. The van der Waals surface area contributed by atoms with Crippen molar-refractivity contribution in [2.75, 3.05) is 12.9 Å². The lowest BCUT2D eigenvalue weighted by Gasteiger charge is -2.05. The number of aliphatic hydroxyl groups excluding tert-OH is 1. The Morgan fingerprint density at radius 3 is 2.75 bits per heavy atom.